The Morgan fingerprint density at radius 2 is 2.27 bits per heavy atom. The van der Waals surface area contributed by atoms with E-state index in [1.807, 2.05) is 0 Å². The van der Waals surface area contributed by atoms with E-state index in [9.17, 15) is 9.59 Å². The second kappa shape index (κ2) is 6.00. The Morgan fingerprint density at radius 1 is 1.53 bits per heavy atom. The first-order valence-electron chi connectivity index (χ1n) is 5.23. The number of nitrogens with one attached hydrogen (secondary N) is 1. The van der Waals surface area contributed by atoms with Crippen LogP contribution >= 0.6 is 11.8 Å². The van der Waals surface area contributed by atoms with Crippen LogP contribution in [0.4, 0.5) is 0 Å². The maximum Gasteiger partial charge on any atom is 0.305 e. The molecule has 2 N–H and O–H groups in total. The van der Waals surface area contributed by atoms with Crippen LogP contribution in [0.1, 0.15) is 32.6 Å². The van der Waals surface area contributed by atoms with Crippen LogP contribution in [0.15, 0.2) is 0 Å². The summed E-state index contributed by atoms with van der Waals surface area (Å²) in [4.78, 5) is 22.1. The third-order valence-electron chi connectivity index (χ3n) is 2.34. The Balaban J connectivity index is 2.30. The Labute approximate surface area is 93.8 Å². The molecule has 1 aliphatic heterocycles. The molecule has 1 rings (SSSR count). The van der Waals surface area contributed by atoms with Crippen LogP contribution in [0.3, 0.4) is 0 Å². The Bertz CT molecular complexity index is 239. The molecule has 0 saturated carbocycles. The van der Waals surface area contributed by atoms with Gasteiger partial charge in [0.15, 0.2) is 0 Å². The van der Waals surface area contributed by atoms with Crippen LogP contribution in [-0.2, 0) is 9.59 Å². The fourth-order valence-corrected chi connectivity index (χ4v) is 2.80. The predicted octanol–water partition coefficient (Wildman–Crippen LogP) is 1.25. The second-order valence-electron chi connectivity index (χ2n) is 3.86. The van der Waals surface area contributed by atoms with Crippen molar-refractivity contribution < 1.29 is 14.7 Å². The molecule has 0 spiro atoms. The maximum absolute atomic E-state index is 11.7. The number of carbonyl (C=O) groups excluding carboxylic acids is 1. The number of carboxylic acid groups (broad SMARTS) is 1. The van der Waals surface area contributed by atoms with Crippen molar-refractivity contribution in [1.29, 1.82) is 0 Å². The molecule has 0 aromatic carbocycles. The lowest BCUT2D eigenvalue weighted by atomic mass is 10.1. The molecular weight excluding hydrogens is 214 g/mol. The topological polar surface area (TPSA) is 66.4 Å². The predicted molar refractivity (Wildman–Crippen MR) is 60.0 cm³/mol. The zero-order valence-corrected chi connectivity index (χ0v) is 9.68. The van der Waals surface area contributed by atoms with Crippen LogP contribution in [0.25, 0.3) is 0 Å². The summed E-state index contributed by atoms with van der Waals surface area (Å²) in [6.45, 7) is 1.72. The van der Waals surface area contributed by atoms with Crippen molar-refractivity contribution >= 4 is 23.6 Å². The van der Waals surface area contributed by atoms with Gasteiger partial charge >= 0.3 is 5.97 Å². The minimum Gasteiger partial charge on any atom is -0.481 e. The van der Waals surface area contributed by atoms with E-state index in [0.717, 1.165) is 18.6 Å². The molecular formula is C10H17NO3S. The summed E-state index contributed by atoms with van der Waals surface area (Å²) in [6.07, 6.45) is 3.18. The van der Waals surface area contributed by atoms with Crippen LogP contribution < -0.4 is 5.32 Å². The molecule has 1 aliphatic rings. The molecule has 0 radical (unpaired) electrons. The van der Waals surface area contributed by atoms with Gasteiger partial charge in [-0.15, -0.1) is 11.8 Å². The third-order valence-corrected chi connectivity index (χ3v) is 3.72. The summed E-state index contributed by atoms with van der Waals surface area (Å²) in [6, 6.07) is -0.280. The molecule has 4 nitrogen and oxygen atoms in total. The first-order chi connectivity index (χ1) is 7.09. The molecule has 1 fully saturated rings. The fraction of sp³-hybridized carbons (Fsp3) is 0.800. The lowest BCUT2D eigenvalue weighted by molar-refractivity contribution is -0.137. The Morgan fingerprint density at radius 3 is 2.80 bits per heavy atom. The molecule has 0 aliphatic carbocycles. The summed E-state index contributed by atoms with van der Waals surface area (Å²) < 4.78 is 0. The molecule has 86 valence electrons. The SMILES string of the molecule is CC(CC(=O)O)NC(=O)C1CCCCS1. The Hall–Kier alpha value is -0.710. The van der Waals surface area contributed by atoms with Crippen LogP contribution in [0.5, 0.6) is 0 Å². The first-order valence-corrected chi connectivity index (χ1v) is 6.28. The number of aliphatic carboxylic acids is 1. The van der Waals surface area contributed by atoms with Crippen LogP contribution in [0.2, 0.25) is 0 Å². The van der Waals surface area contributed by atoms with E-state index in [1.165, 1.54) is 6.42 Å². The third kappa shape index (κ3) is 4.55. The number of hydrogen-bond donors (Lipinski definition) is 2. The standard InChI is InChI=1S/C10H17NO3S/c1-7(6-9(12)13)11-10(14)8-4-2-3-5-15-8/h7-8H,2-6H2,1H3,(H,11,14)(H,12,13). The highest BCUT2D eigenvalue weighted by molar-refractivity contribution is 8.00. The van der Waals surface area contributed by atoms with E-state index in [0.29, 0.717) is 0 Å². The second-order valence-corrected chi connectivity index (χ2v) is 5.17. The highest BCUT2D eigenvalue weighted by Gasteiger charge is 2.23. The summed E-state index contributed by atoms with van der Waals surface area (Å²) in [5.74, 6) is 0.151. The van der Waals surface area contributed by atoms with E-state index in [4.69, 9.17) is 5.11 Å². The van der Waals surface area contributed by atoms with Crippen molar-refractivity contribution in [2.75, 3.05) is 5.75 Å². The van der Waals surface area contributed by atoms with Gasteiger partial charge in [-0.25, -0.2) is 0 Å². The molecule has 0 aromatic rings. The Kier molecular flexibility index (Phi) is 4.94. The monoisotopic (exact) mass is 231 g/mol. The summed E-state index contributed by atoms with van der Waals surface area (Å²) in [5.41, 5.74) is 0. The molecule has 2 unspecified atom stereocenters. The molecule has 1 amide bonds. The zero-order valence-electron chi connectivity index (χ0n) is 8.86. The largest absolute Gasteiger partial charge is 0.481 e. The van der Waals surface area contributed by atoms with Crippen molar-refractivity contribution in [1.82, 2.24) is 5.32 Å². The quantitative estimate of drug-likeness (QED) is 0.764. The van der Waals surface area contributed by atoms with E-state index < -0.39 is 5.97 Å². The van der Waals surface area contributed by atoms with Crippen LogP contribution in [0, 0.1) is 0 Å². The number of hydrogen-bond acceptors (Lipinski definition) is 3. The first kappa shape index (κ1) is 12.4. The highest BCUT2D eigenvalue weighted by atomic mass is 32.2. The molecule has 1 saturated heterocycles. The summed E-state index contributed by atoms with van der Waals surface area (Å²) in [7, 11) is 0. The smallest absolute Gasteiger partial charge is 0.305 e. The van der Waals surface area contributed by atoms with Gasteiger partial charge in [0.05, 0.1) is 11.7 Å². The van der Waals surface area contributed by atoms with Gasteiger partial charge in [0, 0.05) is 6.04 Å². The lowest BCUT2D eigenvalue weighted by Gasteiger charge is -2.22. The zero-order chi connectivity index (χ0) is 11.3. The van der Waals surface area contributed by atoms with Crippen molar-refractivity contribution in [3.05, 3.63) is 0 Å². The van der Waals surface area contributed by atoms with Gasteiger partial charge in [-0.05, 0) is 25.5 Å². The van der Waals surface area contributed by atoms with E-state index in [-0.39, 0.29) is 23.6 Å². The number of thioether (sulfide) groups is 1. The van der Waals surface area contributed by atoms with Gasteiger partial charge in [-0.1, -0.05) is 6.42 Å². The van der Waals surface area contributed by atoms with Gasteiger partial charge in [0.2, 0.25) is 5.91 Å². The average molecular weight is 231 g/mol. The van der Waals surface area contributed by atoms with Crippen molar-refractivity contribution in [2.24, 2.45) is 0 Å². The number of amides is 1. The molecule has 15 heavy (non-hydrogen) atoms. The van der Waals surface area contributed by atoms with Gasteiger partial charge in [-0.3, -0.25) is 9.59 Å². The molecule has 1 heterocycles. The van der Waals surface area contributed by atoms with Gasteiger partial charge in [0.1, 0.15) is 0 Å². The number of rotatable bonds is 4. The van der Waals surface area contributed by atoms with Crippen molar-refractivity contribution in [2.45, 2.75) is 43.9 Å². The van der Waals surface area contributed by atoms with Crippen molar-refractivity contribution in [3.63, 3.8) is 0 Å². The van der Waals surface area contributed by atoms with Crippen LogP contribution in [-0.4, -0.2) is 34.0 Å². The number of carboxylic acids is 1. The lowest BCUT2D eigenvalue weighted by Crippen LogP contribution is -2.40. The van der Waals surface area contributed by atoms with E-state index in [2.05, 4.69) is 5.32 Å². The minimum atomic E-state index is -0.876. The average Bonchev–Trinajstić information content (AvgIpc) is 2.17. The van der Waals surface area contributed by atoms with Gasteiger partial charge in [0.25, 0.3) is 0 Å². The van der Waals surface area contributed by atoms with E-state index in [1.54, 1.807) is 18.7 Å². The molecule has 0 aromatic heterocycles. The fourth-order valence-electron chi connectivity index (χ4n) is 1.60. The minimum absolute atomic E-state index is 0.00606. The summed E-state index contributed by atoms with van der Waals surface area (Å²) >= 11 is 1.67. The van der Waals surface area contributed by atoms with E-state index >= 15 is 0 Å². The highest BCUT2D eigenvalue weighted by Crippen LogP contribution is 2.25. The molecule has 2 atom stereocenters. The molecule has 5 heteroatoms. The molecule has 0 bridgehead atoms. The van der Waals surface area contributed by atoms with Gasteiger partial charge < -0.3 is 10.4 Å². The number of carbonyl (C=O) groups is 2. The summed E-state index contributed by atoms with van der Waals surface area (Å²) in [5, 5.41) is 11.3. The van der Waals surface area contributed by atoms with Gasteiger partial charge in [-0.2, -0.15) is 0 Å². The van der Waals surface area contributed by atoms with Crippen molar-refractivity contribution in [3.8, 4) is 0 Å². The maximum atomic E-state index is 11.7. The normalized spacial score (nSPS) is 23.1.